The zero-order valence-corrected chi connectivity index (χ0v) is 9.18. The van der Waals surface area contributed by atoms with Crippen LogP contribution in [-0.4, -0.2) is 4.98 Å². The van der Waals surface area contributed by atoms with Crippen LogP contribution in [0.3, 0.4) is 0 Å². The number of aromatic nitrogens is 1. The van der Waals surface area contributed by atoms with Gasteiger partial charge in [0.2, 0.25) is 0 Å². The molecule has 0 unspecified atom stereocenters. The topological polar surface area (TPSA) is 36.7 Å². The summed E-state index contributed by atoms with van der Waals surface area (Å²) in [7, 11) is 0. The third-order valence-corrected chi connectivity index (χ3v) is 2.87. The van der Waals surface area contributed by atoms with E-state index in [1.165, 1.54) is 0 Å². The fourth-order valence-electron chi connectivity index (χ4n) is 1.41. The lowest BCUT2D eigenvalue weighted by Gasteiger charge is -2.06. The van der Waals surface area contributed by atoms with Crippen LogP contribution in [-0.2, 0) is 6.42 Å². The molecule has 0 saturated carbocycles. The lowest BCUT2D eigenvalue weighted by molar-refractivity contribution is 1.22. The number of nitriles is 1. The lowest BCUT2D eigenvalue weighted by Crippen LogP contribution is -1.91. The van der Waals surface area contributed by atoms with Gasteiger partial charge in [0.15, 0.2) is 0 Å². The van der Waals surface area contributed by atoms with E-state index in [0.29, 0.717) is 15.7 Å². The smallest absolute Gasteiger partial charge is 0.135 e. The monoisotopic (exact) mass is 236 g/mol. The Morgan fingerprint density at radius 3 is 2.73 bits per heavy atom. The number of hydrogen-bond donors (Lipinski definition) is 0. The minimum Gasteiger partial charge on any atom is -0.236 e. The second kappa shape index (κ2) is 4.06. The molecule has 4 heteroatoms. The van der Waals surface area contributed by atoms with Crippen LogP contribution >= 0.6 is 23.2 Å². The number of pyridine rings is 1. The van der Waals surface area contributed by atoms with Crippen molar-refractivity contribution in [1.29, 1.82) is 5.26 Å². The van der Waals surface area contributed by atoms with Gasteiger partial charge in [-0.25, -0.2) is 4.98 Å². The van der Waals surface area contributed by atoms with Gasteiger partial charge in [-0.2, -0.15) is 5.26 Å². The number of nitrogens with zero attached hydrogens (tertiary/aromatic N) is 2. The summed E-state index contributed by atoms with van der Waals surface area (Å²) in [6.07, 6.45) is 0.176. The van der Waals surface area contributed by atoms with Crippen LogP contribution < -0.4 is 0 Å². The largest absolute Gasteiger partial charge is 0.236 e. The van der Waals surface area contributed by atoms with E-state index < -0.39 is 0 Å². The maximum Gasteiger partial charge on any atom is 0.135 e. The zero-order chi connectivity index (χ0) is 10.8. The molecule has 0 aliphatic heterocycles. The highest BCUT2D eigenvalue weighted by molar-refractivity contribution is 6.39. The van der Waals surface area contributed by atoms with Crippen molar-refractivity contribution in [2.24, 2.45) is 0 Å². The summed E-state index contributed by atoms with van der Waals surface area (Å²) < 4.78 is 0. The highest BCUT2D eigenvalue weighted by Crippen LogP contribution is 2.30. The van der Waals surface area contributed by atoms with Crippen molar-refractivity contribution >= 4 is 34.1 Å². The molecule has 1 heterocycles. The van der Waals surface area contributed by atoms with Crippen molar-refractivity contribution in [2.75, 3.05) is 0 Å². The van der Waals surface area contributed by atoms with E-state index >= 15 is 0 Å². The normalized spacial score (nSPS) is 10.2. The summed E-state index contributed by atoms with van der Waals surface area (Å²) in [5.74, 6) is 0. The third kappa shape index (κ3) is 1.77. The molecule has 0 atom stereocenters. The summed E-state index contributed by atoms with van der Waals surface area (Å²) in [4.78, 5) is 4.18. The van der Waals surface area contributed by atoms with E-state index in [1.54, 1.807) is 0 Å². The fourth-order valence-corrected chi connectivity index (χ4v) is 2.03. The molecule has 0 fully saturated rings. The molecule has 0 bridgehead atoms. The first kappa shape index (κ1) is 10.2. The highest BCUT2D eigenvalue weighted by atomic mass is 35.5. The first-order valence-corrected chi connectivity index (χ1v) is 5.09. The van der Waals surface area contributed by atoms with Crippen molar-refractivity contribution < 1.29 is 0 Å². The van der Waals surface area contributed by atoms with E-state index in [4.69, 9.17) is 28.5 Å². The first-order chi connectivity index (χ1) is 7.24. The molecule has 1 aromatic heterocycles. The molecule has 0 amide bonds. The molecule has 0 saturated heterocycles. The van der Waals surface area contributed by atoms with Crippen LogP contribution in [0.1, 0.15) is 5.56 Å². The number of benzene rings is 1. The molecular formula is C11H6Cl2N2. The molecule has 2 aromatic rings. The lowest BCUT2D eigenvalue weighted by atomic mass is 10.1. The summed E-state index contributed by atoms with van der Waals surface area (Å²) >= 11 is 12.1. The first-order valence-electron chi connectivity index (χ1n) is 4.33. The Morgan fingerprint density at radius 2 is 2.00 bits per heavy atom. The molecule has 0 aliphatic rings. The van der Waals surface area contributed by atoms with Gasteiger partial charge in [-0.3, -0.25) is 0 Å². The molecule has 0 aliphatic carbocycles. The quantitative estimate of drug-likeness (QED) is 0.710. The molecule has 15 heavy (non-hydrogen) atoms. The molecule has 0 N–H and O–H groups in total. The molecule has 2 rings (SSSR count). The van der Waals surface area contributed by atoms with Gasteiger partial charge in [0.25, 0.3) is 0 Å². The van der Waals surface area contributed by atoms with Crippen molar-refractivity contribution in [3.8, 4) is 6.07 Å². The average molecular weight is 237 g/mol. The molecule has 0 radical (unpaired) electrons. The van der Waals surface area contributed by atoms with Gasteiger partial charge in [-0.1, -0.05) is 41.4 Å². The minimum absolute atomic E-state index is 0.176. The number of rotatable bonds is 1. The van der Waals surface area contributed by atoms with E-state index in [1.807, 2.05) is 30.3 Å². The van der Waals surface area contributed by atoms with Crippen molar-refractivity contribution in [3.05, 3.63) is 40.0 Å². The second-order valence-corrected chi connectivity index (χ2v) is 3.78. The summed E-state index contributed by atoms with van der Waals surface area (Å²) in [5.41, 5.74) is 1.34. The van der Waals surface area contributed by atoms with Crippen LogP contribution in [0.25, 0.3) is 10.9 Å². The standard InChI is InChI=1S/C11H6Cl2N2/c12-10-7-3-1-2-4-9(7)15-11(13)8(10)5-6-14/h1-4H,5H2. The minimum atomic E-state index is 0.176. The maximum absolute atomic E-state index is 8.65. The van der Waals surface area contributed by atoms with Crippen LogP contribution in [0.2, 0.25) is 10.2 Å². The average Bonchev–Trinajstić information content (AvgIpc) is 2.24. The van der Waals surface area contributed by atoms with Crippen molar-refractivity contribution in [2.45, 2.75) is 6.42 Å². The van der Waals surface area contributed by atoms with Crippen LogP contribution in [0.15, 0.2) is 24.3 Å². The van der Waals surface area contributed by atoms with Crippen LogP contribution in [0, 0.1) is 11.3 Å². The Hall–Kier alpha value is -1.30. The number of hydrogen-bond acceptors (Lipinski definition) is 2. The van der Waals surface area contributed by atoms with E-state index in [9.17, 15) is 0 Å². The molecular weight excluding hydrogens is 231 g/mol. The van der Waals surface area contributed by atoms with Crippen LogP contribution in [0.4, 0.5) is 0 Å². The predicted molar refractivity (Wildman–Crippen MR) is 61.1 cm³/mol. The Bertz CT molecular complexity index is 558. The Labute approximate surface area is 97.1 Å². The van der Waals surface area contributed by atoms with E-state index in [2.05, 4.69) is 4.98 Å². The Balaban J connectivity index is 2.79. The van der Waals surface area contributed by atoms with Gasteiger partial charge in [0, 0.05) is 10.9 Å². The third-order valence-electron chi connectivity index (χ3n) is 2.13. The van der Waals surface area contributed by atoms with Gasteiger partial charge in [0.05, 0.1) is 23.0 Å². The summed E-state index contributed by atoms with van der Waals surface area (Å²) in [6.45, 7) is 0. The van der Waals surface area contributed by atoms with Crippen LogP contribution in [0.5, 0.6) is 0 Å². The van der Waals surface area contributed by atoms with Gasteiger partial charge in [-0.15, -0.1) is 0 Å². The second-order valence-electron chi connectivity index (χ2n) is 3.05. The molecule has 0 spiro atoms. The number of para-hydroxylation sites is 1. The summed E-state index contributed by atoms with van der Waals surface area (Å²) in [5, 5.41) is 10.3. The Morgan fingerprint density at radius 1 is 1.27 bits per heavy atom. The number of halogens is 2. The molecule has 1 aromatic carbocycles. The SMILES string of the molecule is N#CCc1c(Cl)nc2ccccc2c1Cl. The van der Waals surface area contributed by atoms with Gasteiger partial charge in [-0.05, 0) is 6.07 Å². The fraction of sp³-hybridized carbons (Fsp3) is 0.0909. The zero-order valence-electron chi connectivity index (χ0n) is 7.67. The Kier molecular flexibility index (Phi) is 2.77. The summed E-state index contributed by atoms with van der Waals surface area (Å²) in [6, 6.07) is 9.46. The molecule has 2 nitrogen and oxygen atoms in total. The van der Waals surface area contributed by atoms with Crippen molar-refractivity contribution in [3.63, 3.8) is 0 Å². The highest BCUT2D eigenvalue weighted by Gasteiger charge is 2.11. The number of fused-ring (bicyclic) bond motifs is 1. The van der Waals surface area contributed by atoms with Gasteiger partial charge < -0.3 is 0 Å². The van der Waals surface area contributed by atoms with Crippen molar-refractivity contribution in [1.82, 2.24) is 4.98 Å². The van der Waals surface area contributed by atoms with Gasteiger partial charge >= 0.3 is 0 Å². The van der Waals surface area contributed by atoms with Gasteiger partial charge in [0.1, 0.15) is 5.15 Å². The molecule has 74 valence electrons. The predicted octanol–water partition coefficient (Wildman–Crippen LogP) is 3.61. The maximum atomic E-state index is 8.65. The van der Waals surface area contributed by atoms with E-state index in [-0.39, 0.29) is 6.42 Å². The van der Waals surface area contributed by atoms with E-state index in [0.717, 1.165) is 10.9 Å².